The van der Waals surface area contributed by atoms with Crippen LogP contribution in [0.5, 0.6) is 0 Å². The van der Waals surface area contributed by atoms with Crippen LogP contribution in [0, 0.1) is 0 Å². The first-order valence-electron chi connectivity index (χ1n) is 8.19. The van der Waals surface area contributed by atoms with Gasteiger partial charge in [-0.3, -0.25) is 5.73 Å². The van der Waals surface area contributed by atoms with Gasteiger partial charge >= 0.3 is 0 Å². The normalized spacial score (nSPS) is 18.5. The molecule has 1 aromatic carbocycles. The molecule has 0 aliphatic carbocycles. The number of hydrogen-bond donors (Lipinski definition) is 4. The summed E-state index contributed by atoms with van der Waals surface area (Å²) >= 11 is 3.04. The van der Waals surface area contributed by atoms with Crippen LogP contribution >= 0.6 is 23.5 Å². The Balaban J connectivity index is 1.45. The van der Waals surface area contributed by atoms with Crippen molar-refractivity contribution < 1.29 is 0 Å². The molecule has 0 radical (unpaired) electrons. The van der Waals surface area contributed by atoms with Gasteiger partial charge in [0.1, 0.15) is 16.6 Å². The van der Waals surface area contributed by atoms with E-state index in [1.54, 1.807) is 18.1 Å². The maximum absolute atomic E-state index is 6.50. The molecule has 4 rings (SSSR count). The maximum atomic E-state index is 6.50. The summed E-state index contributed by atoms with van der Waals surface area (Å²) < 4.78 is 0. The van der Waals surface area contributed by atoms with E-state index in [1.165, 1.54) is 17.3 Å². The van der Waals surface area contributed by atoms with Crippen molar-refractivity contribution in [2.24, 2.45) is 5.73 Å². The SMILES string of the molecule is Nc1nc(SCc2ccccc2)nc2c1SC(N)(CCc1cnc[nH]1)N2. The largest absolute Gasteiger partial charge is 0.383 e. The first kappa shape index (κ1) is 17.2. The first-order valence-corrected chi connectivity index (χ1v) is 9.99. The van der Waals surface area contributed by atoms with E-state index in [9.17, 15) is 0 Å². The second-order valence-electron chi connectivity index (χ2n) is 6.04. The average Bonchev–Trinajstić information content (AvgIpc) is 3.27. The Labute approximate surface area is 159 Å². The van der Waals surface area contributed by atoms with Crippen molar-refractivity contribution >= 4 is 35.2 Å². The highest BCUT2D eigenvalue weighted by molar-refractivity contribution is 8.01. The van der Waals surface area contributed by atoms with Gasteiger partial charge in [-0.15, -0.1) is 0 Å². The van der Waals surface area contributed by atoms with Crippen molar-refractivity contribution in [2.45, 2.75) is 33.6 Å². The molecule has 0 fully saturated rings. The van der Waals surface area contributed by atoms with Crippen LogP contribution in [0.1, 0.15) is 17.7 Å². The third-order valence-corrected chi connectivity index (χ3v) is 6.21. The van der Waals surface area contributed by atoms with Crippen LogP contribution in [-0.2, 0) is 12.2 Å². The Morgan fingerprint density at radius 1 is 1.19 bits per heavy atom. The van der Waals surface area contributed by atoms with E-state index in [0.29, 0.717) is 23.2 Å². The van der Waals surface area contributed by atoms with Gasteiger partial charge in [-0.25, -0.2) is 15.0 Å². The first-order chi connectivity index (χ1) is 12.6. The maximum Gasteiger partial charge on any atom is 0.191 e. The molecule has 0 spiro atoms. The number of nitrogens with zero attached hydrogens (tertiary/aromatic N) is 3. The number of aromatic amines is 1. The summed E-state index contributed by atoms with van der Waals surface area (Å²) in [6.45, 7) is 0. The molecule has 0 amide bonds. The monoisotopic (exact) mass is 385 g/mol. The van der Waals surface area contributed by atoms with Crippen molar-refractivity contribution in [3.8, 4) is 0 Å². The Kier molecular flexibility index (Phi) is 4.75. The van der Waals surface area contributed by atoms with Crippen molar-refractivity contribution in [1.82, 2.24) is 19.9 Å². The summed E-state index contributed by atoms with van der Waals surface area (Å²) in [6, 6.07) is 10.2. The van der Waals surface area contributed by atoms with Crippen LogP contribution in [0.25, 0.3) is 0 Å². The third-order valence-electron chi connectivity index (χ3n) is 4.02. The molecule has 26 heavy (non-hydrogen) atoms. The predicted octanol–water partition coefficient (Wildman–Crippen LogP) is 2.84. The number of hydrogen-bond acceptors (Lipinski definition) is 8. The van der Waals surface area contributed by atoms with E-state index in [2.05, 4.69) is 37.4 Å². The number of fused-ring (bicyclic) bond motifs is 1. The lowest BCUT2D eigenvalue weighted by Gasteiger charge is -2.22. The lowest BCUT2D eigenvalue weighted by Crippen LogP contribution is -2.42. The smallest absolute Gasteiger partial charge is 0.191 e. The summed E-state index contributed by atoms with van der Waals surface area (Å²) in [5.74, 6) is 1.97. The highest BCUT2D eigenvalue weighted by Gasteiger charge is 2.37. The highest BCUT2D eigenvalue weighted by Crippen LogP contribution is 2.46. The lowest BCUT2D eigenvalue weighted by atomic mass is 10.2. The minimum absolute atomic E-state index is 0.469. The molecule has 2 aromatic heterocycles. The van der Waals surface area contributed by atoms with Gasteiger partial charge in [0.05, 0.1) is 11.2 Å². The number of H-pyrrole nitrogens is 1. The van der Waals surface area contributed by atoms with Crippen LogP contribution in [0.15, 0.2) is 52.9 Å². The zero-order chi connectivity index (χ0) is 18.0. The summed E-state index contributed by atoms with van der Waals surface area (Å²) in [5, 5.41) is 3.96. The number of nitrogens with two attached hydrogens (primary N) is 2. The van der Waals surface area contributed by atoms with Crippen LogP contribution in [0.4, 0.5) is 11.6 Å². The molecule has 1 unspecified atom stereocenters. The quantitative estimate of drug-likeness (QED) is 0.378. The molecule has 0 saturated carbocycles. The number of benzene rings is 1. The van der Waals surface area contributed by atoms with E-state index in [4.69, 9.17) is 11.5 Å². The number of aryl methyl sites for hydroxylation is 1. The van der Waals surface area contributed by atoms with Crippen LogP contribution in [0.2, 0.25) is 0 Å². The van der Waals surface area contributed by atoms with Gasteiger partial charge < -0.3 is 16.0 Å². The molecular weight excluding hydrogens is 366 g/mol. The van der Waals surface area contributed by atoms with Gasteiger partial charge in [0.2, 0.25) is 0 Å². The van der Waals surface area contributed by atoms with Crippen LogP contribution in [0.3, 0.4) is 0 Å². The number of rotatable bonds is 6. The predicted molar refractivity (Wildman–Crippen MR) is 106 cm³/mol. The Hall–Kier alpha value is -2.23. The fraction of sp³-hybridized carbons (Fsp3) is 0.235. The van der Waals surface area contributed by atoms with Gasteiger partial charge in [-0.1, -0.05) is 53.9 Å². The van der Waals surface area contributed by atoms with Gasteiger partial charge in [0.15, 0.2) is 5.16 Å². The van der Waals surface area contributed by atoms with Gasteiger partial charge in [0.25, 0.3) is 0 Å². The summed E-state index contributed by atoms with van der Waals surface area (Å²) in [7, 11) is 0. The van der Waals surface area contributed by atoms with Crippen LogP contribution < -0.4 is 16.8 Å². The van der Waals surface area contributed by atoms with Crippen molar-refractivity contribution in [1.29, 1.82) is 0 Å². The van der Waals surface area contributed by atoms with E-state index in [0.717, 1.165) is 22.8 Å². The molecule has 7 nitrogen and oxygen atoms in total. The minimum Gasteiger partial charge on any atom is -0.383 e. The van der Waals surface area contributed by atoms with E-state index < -0.39 is 4.99 Å². The second kappa shape index (κ2) is 7.18. The van der Waals surface area contributed by atoms with Crippen molar-refractivity contribution in [3.05, 3.63) is 54.1 Å². The molecular formula is C17H19N7S2. The summed E-state index contributed by atoms with van der Waals surface area (Å²) in [4.78, 5) is 16.3. The number of imidazole rings is 1. The lowest BCUT2D eigenvalue weighted by molar-refractivity contribution is 0.625. The molecule has 6 N–H and O–H groups in total. The Morgan fingerprint density at radius 3 is 2.81 bits per heavy atom. The van der Waals surface area contributed by atoms with Crippen molar-refractivity contribution in [3.63, 3.8) is 0 Å². The average molecular weight is 386 g/mol. The van der Waals surface area contributed by atoms with Gasteiger partial charge in [-0.2, -0.15) is 0 Å². The summed E-state index contributed by atoms with van der Waals surface area (Å²) in [5.41, 5.74) is 14.9. The number of nitrogens with one attached hydrogen (secondary N) is 2. The molecule has 0 bridgehead atoms. The fourth-order valence-electron chi connectivity index (χ4n) is 2.68. The number of anilines is 2. The van der Waals surface area contributed by atoms with Gasteiger partial charge in [-0.05, 0) is 18.4 Å². The minimum atomic E-state index is -0.654. The Bertz CT molecular complexity index is 886. The number of thioether (sulfide) groups is 2. The standard InChI is InChI=1S/C17H19N7S2/c18-14-13-15(23-16(22-14)25-9-11-4-2-1-3-5-11)24-17(19,26-13)7-6-12-8-20-10-21-12/h1-5,8,10H,6-7,9,19H2,(H,20,21)(H3,18,22,23,24). The molecule has 1 aliphatic rings. The molecule has 3 aromatic rings. The molecule has 134 valence electrons. The molecule has 1 aliphatic heterocycles. The molecule has 9 heteroatoms. The highest BCUT2D eigenvalue weighted by atomic mass is 32.2. The van der Waals surface area contributed by atoms with E-state index in [1.807, 2.05) is 24.4 Å². The molecule has 0 saturated heterocycles. The topological polar surface area (TPSA) is 119 Å². The Morgan fingerprint density at radius 2 is 2.04 bits per heavy atom. The number of nitrogen functional groups attached to an aromatic ring is 1. The number of aromatic nitrogens is 4. The van der Waals surface area contributed by atoms with E-state index in [-0.39, 0.29) is 0 Å². The van der Waals surface area contributed by atoms with Gasteiger partial charge in [0, 0.05) is 17.6 Å². The van der Waals surface area contributed by atoms with Crippen LogP contribution in [-0.4, -0.2) is 24.9 Å². The second-order valence-corrected chi connectivity index (χ2v) is 8.32. The summed E-state index contributed by atoms with van der Waals surface area (Å²) in [6.07, 6.45) is 4.97. The third kappa shape index (κ3) is 3.79. The zero-order valence-electron chi connectivity index (χ0n) is 14.0. The molecule has 1 atom stereocenters. The fourth-order valence-corrected chi connectivity index (χ4v) is 4.55. The van der Waals surface area contributed by atoms with E-state index >= 15 is 0 Å². The zero-order valence-corrected chi connectivity index (χ0v) is 15.6. The van der Waals surface area contributed by atoms with Crippen molar-refractivity contribution in [2.75, 3.05) is 11.1 Å². The molecule has 3 heterocycles.